The third-order valence-electron chi connectivity index (χ3n) is 4.69. The summed E-state index contributed by atoms with van der Waals surface area (Å²) in [4.78, 5) is 26.0. The maximum absolute atomic E-state index is 12.5. The number of carbonyl (C=O) groups is 2. The fourth-order valence-corrected chi connectivity index (χ4v) is 2.99. The van der Waals surface area contributed by atoms with Gasteiger partial charge in [-0.15, -0.1) is 0 Å². The van der Waals surface area contributed by atoms with Gasteiger partial charge >= 0.3 is 5.97 Å². The number of amides is 1. The van der Waals surface area contributed by atoms with Crippen molar-refractivity contribution in [2.75, 3.05) is 19.7 Å². The van der Waals surface area contributed by atoms with Crippen LogP contribution >= 0.6 is 0 Å². The number of ether oxygens (including phenoxy) is 1. The lowest BCUT2D eigenvalue weighted by Crippen LogP contribution is -2.31. The van der Waals surface area contributed by atoms with E-state index >= 15 is 0 Å². The van der Waals surface area contributed by atoms with E-state index in [1.165, 1.54) is 76.4 Å². The molecule has 0 aliphatic heterocycles. The van der Waals surface area contributed by atoms with Gasteiger partial charge in [-0.05, 0) is 19.3 Å². The summed E-state index contributed by atoms with van der Waals surface area (Å²) in [6, 6.07) is 0. The Kier molecular flexibility index (Phi) is 18.5. The van der Waals surface area contributed by atoms with Gasteiger partial charge in [0.05, 0.1) is 6.61 Å². The second-order valence-electron chi connectivity index (χ2n) is 7.36. The zero-order valence-electron chi connectivity index (χ0n) is 18.1. The molecule has 0 aromatic carbocycles. The molecule has 0 unspecified atom stereocenters. The van der Waals surface area contributed by atoms with Crippen LogP contribution in [0.25, 0.3) is 0 Å². The highest BCUT2D eigenvalue weighted by Gasteiger charge is 2.11. The molecular formula is C23H43NO3. The Morgan fingerprint density at radius 1 is 0.667 bits per heavy atom. The summed E-state index contributed by atoms with van der Waals surface area (Å²) >= 11 is 0. The zero-order chi connectivity index (χ0) is 20.2. The van der Waals surface area contributed by atoms with Crippen molar-refractivity contribution in [2.45, 2.75) is 104 Å². The first-order valence-electron chi connectivity index (χ1n) is 11.3. The van der Waals surface area contributed by atoms with Crippen LogP contribution in [0.4, 0.5) is 0 Å². The molecule has 0 saturated heterocycles. The number of carbonyl (C=O) groups excluding carboxylic acids is 2. The number of esters is 1. The Labute approximate surface area is 167 Å². The second-order valence-corrected chi connectivity index (χ2v) is 7.36. The lowest BCUT2D eigenvalue weighted by atomic mass is 10.1. The van der Waals surface area contributed by atoms with Gasteiger partial charge in [-0.3, -0.25) is 4.79 Å². The van der Waals surface area contributed by atoms with Crippen LogP contribution in [-0.4, -0.2) is 36.5 Å². The molecule has 0 radical (unpaired) electrons. The molecule has 0 aliphatic carbocycles. The number of hydrogen-bond donors (Lipinski definition) is 0. The minimum absolute atomic E-state index is 0.0643. The first kappa shape index (κ1) is 25.7. The molecule has 0 saturated carbocycles. The van der Waals surface area contributed by atoms with E-state index in [-0.39, 0.29) is 5.91 Å². The second kappa shape index (κ2) is 19.4. The topological polar surface area (TPSA) is 46.6 Å². The minimum atomic E-state index is -0.427. The Morgan fingerprint density at radius 3 is 1.63 bits per heavy atom. The molecule has 0 aromatic heterocycles. The third kappa shape index (κ3) is 16.6. The van der Waals surface area contributed by atoms with E-state index in [9.17, 15) is 9.59 Å². The molecule has 0 aliphatic rings. The molecule has 0 bridgehead atoms. The number of rotatable bonds is 18. The maximum Gasteiger partial charge on any atom is 0.330 e. The van der Waals surface area contributed by atoms with Crippen molar-refractivity contribution >= 4 is 11.9 Å². The summed E-state index contributed by atoms with van der Waals surface area (Å²) in [5.41, 5.74) is 0. The molecular weight excluding hydrogens is 338 g/mol. The van der Waals surface area contributed by atoms with Crippen LogP contribution in [0.15, 0.2) is 12.2 Å². The monoisotopic (exact) mass is 381 g/mol. The molecule has 27 heavy (non-hydrogen) atoms. The van der Waals surface area contributed by atoms with E-state index < -0.39 is 5.97 Å². The number of nitrogens with zero attached hydrogens (tertiary/aromatic N) is 1. The summed E-state index contributed by atoms with van der Waals surface area (Å²) in [5.74, 6) is -0.491. The fourth-order valence-electron chi connectivity index (χ4n) is 2.99. The van der Waals surface area contributed by atoms with E-state index in [2.05, 4.69) is 13.8 Å². The highest BCUT2D eigenvalue weighted by molar-refractivity contribution is 5.94. The van der Waals surface area contributed by atoms with Crippen LogP contribution in [0.3, 0.4) is 0 Å². The van der Waals surface area contributed by atoms with Crippen LogP contribution in [0.2, 0.25) is 0 Å². The van der Waals surface area contributed by atoms with Crippen molar-refractivity contribution < 1.29 is 14.3 Å². The Balaban J connectivity index is 4.32. The molecule has 0 rings (SSSR count). The maximum atomic E-state index is 12.5. The van der Waals surface area contributed by atoms with E-state index in [0.29, 0.717) is 6.61 Å². The van der Waals surface area contributed by atoms with Crippen LogP contribution in [-0.2, 0) is 14.3 Å². The van der Waals surface area contributed by atoms with Gasteiger partial charge in [-0.25, -0.2) is 4.79 Å². The lowest BCUT2D eigenvalue weighted by Gasteiger charge is -2.21. The Hall–Kier alpha value is -1.32. The van der Waals surface area contributed by atoms with E-state index in [1.54, 1.807) is 0 Å². The molecule has 0 aromatic rings. The quantitative estimate of drug-likeness (QED) is 0.165. The summed E-state index contributed by atoms with van der Waals surface area (Å²) in [7, 11) is 0. The molecule has 0 atom stereocenters. The first-order chi connectivity index (χ1) is 13.2. The minimum Gasteiger partial charge on any atom is -0.463 e. The van der Waals surface area contributed by atoms with Gasteiger partial charge in [0.1, 0.15) is 0 Å². The van der Waals surface area contributed by atoms with Crippen LogP contribution < -0.4 is 0 Å². The highest BCUT2D eigenvalue weighted by Crippen LogP contribution is 2.09. The molecule has 4 nitrogen and oxygen atoms in total. The molecule has 0 N–H and O–H groups in total. The molecule has 0 spiro atoms. The van der Waals surface area contributed by atoms with Gasteiger partial charge in [-0.1, -0.05) is 85.0 Å². The Bertz CT molecular complexity index is 377. The zero-order valence-corrected chi connectivity index (χ0v) is 18.1. The van der Waals surface area contributed by atoms with Crippen molar-refractivity contribution in [3.05, 3.63) is 12.2 Å². The normalized spacial score (nSPS) is 11.1. The Morgan fingerprint density at radius 2 is 1.15 bits per heavy atom. The van der Waals surface area contributed by atoms with Crippen LogP contribution in [0, 0.1) is 0 Å². The summed E-state index contributed by atoms with van der Waals surface area (Å²) in [6.45, 7) is 8.36. The van der Waals surface area contributed by atoms with Gasteiger partial charge in [0, 0.05) is 25.2 Å². The third-order valence-corrected chi connectivity index (χ3v) is 4.69. The number of unbranched alkanes of at least 4 members (excludes halogenated alkanes) is 10. The van der Waals surface area contributed by atoms with Crippen molar-refractivity contribution in [1.82, 2.24) is 4.90 Å². The van der Waals surface area contributed by atoms with E-state index in [4.69, 9.17) is 4.74 Å². The van der Waals surface area contributed by atoms with Crippen molar-refractivity contribution in [3.63, 3.8) is 0 Å². The molecule has 0 fully saturated rings. The van der Waals surface area contributed by atoms with Gasteiger partial charge in [0.2, 0.25) is 5.91 Å². The predicted molar refractivity (Wildman–Crippen MR) is 114 cm³/mol. The SMILES string of the molecule is CCCCCCCCN(CCCCCCCC)C(=O)/C=C/C(=O)OCCC. The van der Waals surface area contributed by atoms with E-state index in [1.807, 2.05) is 11.8 Å². The van der Waals surface area contributed by atoms with Crippen molar-refractivity contribution in [3.8, 4) is 0 Å². The van der Waals surface area contributed by atoms with Crippen LogP contribution in [0.1, 0.15) is 104 Å². The largest absolute Gasteiger partial charge is 0.463 e. The van der Waals surface area contributed by atoms with Crippen molar-refractivity contribution in [1.29, 1.82) is 0 Å². The molecule has 0 heterocycles. The standard InChI is InChI=1S/C23H43NO3/c1-4-7-9-11-13-15-19-24(20-16-14-12-10-8-5-2)22(25)17-18-23(26)27-21-6-3/h17-18H,4-16,19-21H2,1-3H3/b18-17+. The van der Waals surface area contributed by atoms with Crippen LogP contribution in [0.5, 0.6) is 0 Å². The average Bonchev–Trinajstić information content (AvgIpc) is 2.68. The molecule has 1 amide bonds. The van der Waals surface area contributed by atoms with Gasteiger partial charge in [0.25, 0.3) is 0 Å². The summed E-state index contributed by atoms with van der Waals surface area (Å²) in [6.07, 6.45) is 18.0. The smallest absolute Gasteiger partial charge is 0.330 e. The van der Waals surface area contributed by atoms with Gasteiger partial charge < -0.3 is 9.64 Å². The first-order valence-corrected chi connectivity index (χ1v) is 11.3. The number of hydrogen-bond acceptors (Lipinski definition) is 3. The molecule has 158 valence electrons. The van der Waals surface area contributed by atoms with Gasteiger partial charge in [0.15, 0.2) is 0 Å². The van der Waals surface area contributed by atoms with Crippen molar-refractivity contribution in [2.24, 2.45) is 0 Å². The van der Waals surface area contributed by atoms with Gasteiger partial charge in [-0.2, -0.15) is 0 Å². The lowest BCUT2D eigenvalue weighted by molar-refractivity contribution is -0.138. The van der Waals surface area contributed by atoms with E-state index in [0.717, 1.165) is 32.4 Å². The molecule has 4 heteroatoms. The predicted octanol–water partition coefficient (Wildman–Crippen LogP) is 6.05. The average molecular weight is 382 g/mol. The summed E-state index contributed by atoms with van der Waals surface area (Å²) in [5, 5.41) is 0. The fraction of sp³-hybridized carbons (Fsp3) is 0.826. The highest BCUT2D eigenvalue weighted by atomic mass is 16.5. The summed E-state index contributed by atoms with van der Waals surface area (Å²) < 4.78 is 5.00.